The number of carbonyl (C=O) groups is 2. The maximum atomic E-state index is 11.6. The quantitative estimate of drug-likeness (QED) is 0.685. The number of carboxylic acids is 1. The molecule has 0 aliphatic carbocycles. The average molecular weight is 293 g/mol. The summed E-state index contributed by atoms with van der Waals surface area (Å²) in [7, 11) is 0. The molecular formula is C16H23NO4. The molecule has 2 N–H and O–H groups in total. The highest BCUT2D eigenvalue weighted by Gasteiger charge is 2.10. The molecule has 0 saturated carbocycles. The van der Waals surface area contributed by atoms with Crippen molar-refractivity contribution < 1.29 is 19.4 Å². The first kappa shape index (κ1) is 17.0. The normalized spacial score (nSPS) is 11.7. The lowest BCUT2D eigenvalue weighted by Crippen LogP contribution is -2.26. The van der Waals surface area contributed by atoms with Crippen molar-refractivity contribution in [1.82, 2.24) is 5.32 Å². The second-order valence-electron chi connectivity index (χ2n) is 5.14. The Bertz CT molecular complexity index is 456. The van der Waals surface area contributed by atoms with Crippen LogP contribution in [-0.4, -0.2) is 30.1 Å². The van der Waals surface area contributed by atoms with Crippen LogP contribution in [0.3, 0.4) is 0 Å². The summed E-state index contributed by atoms with van der Waals surface area (Å²) in [6.07, 6.45) is 1.52. The van der Waals surface area contributed by atoms with Crippen LogP contribution in [0.25, 0.3) is 0 Å². The Balaban J connectivity index is 2.09. The lowest BCUT2D eigenvalue weighted by Gasteiger charge is -2.08. The topological polar surface area (TPSA) is 75.6 Å². The van der Waals surface area contributed by atoms with Crippen molar-refractivity contribution in [1.29, 1.82) is 0 Å². The van der Waals surface area contributed by atoms with E-state index in [-0.39, 0.29) is 11.8 Å². The van der Waals surface area contributed by atoms with Gasteiger partial charge >= 0.3 is 5.97 Å². The van der Waals surface area contributed by atoms with Gasteiger partial charge in [0.1, 0.15) is 5.75 Å². The van der Waals surface area contributed by atoms with Gasteiger partial charge in [-0.25, -0.2) is 0 Å². The smallest absolute Gasteiger partial charge is 0.306 e. The molecule has 1 aromatic carbocycles. The van der Waals surface area contributed by atoms with E-state index < -0.39 is 5.97 Å². The van der Waals surface area contributed by atoms with E-state index in [0.717, 1.165) is 11.3 Å². The molecule has 0 aromatic heterocycles. The van der Waals surface area contributed by atoms with Gasteiger partial charge in [-0.05, 0) is 31.9 Å². The van der Waals surface area contributed by atoms with Crippen LogP contribution < -0.4 is 10.1 Å². The minimum Gasteiger partial charge on any atom is -0.493 e. The van der Waals surface area contributed by atoms with Gasteiger partial charge in [0.05, 0.1) is 18.9 Å². The van der Waals surface area contributed by atoms with Crippen molar-refractivity contribution in [3.63, 3.8) is 0 Å². The summed E-state index contributed by atoms with van der Waals surface area (Å²) < 4.78 is 5.47. The first-order valence-electron chi connectivity index (χ1n) is 7.18. The molecule has 5 nitrogen and oxygen atoms in total. The molecule has 116 valence electrons. The van der Waals surface area contributed by atoms with E-state index in [0.29, 0.717) is 32.4 Å². The third kappa shape index (κ3) is 7.34. The predicted octanol–water partition coefficient (Wildman–Crippen LogP) is 2.38. The molecule has 0 fully saturated rings. The Morgan fingerprint density at radius 2 is 1.95 bits per heavy atom. The summed E-state index contributed by atoms with van der Waals surface area (Å²) in [5.74, 6) is -0.492. The minimum atomic E-state index is -0.798. The molecule has 1 amide bonds. The van der Waals surface area contributed by atoms with E-state index >= 15 is 0 Å². The van der Waals surface area contributed by atoms with E-state index in [1.807, 2.05) is 31.2 Å². The molecule has 1 unspecified atom stereocenters. The number of rotatable bonds is 9. The number of nitrogens with one attached hydrogen (secondary N) is 1. The van der Waals surface area contributed by atoms with Gasteiger partial charge in [0.15, 0.2) is 0 Å². The number of benzene rings is 1. The van der Waals surface area contributed by atoms with E-state index in [4.69, 9.17) is 9.84 Å². The summed E-state index contributed by atoms with van der Waals surface area (Å²) in [6.45, 7) is 4.50. The number of carbonyl (C=O) groups excluding carboxylic acids is 1. The third-order valence-corrected chi connectivity index (χ3v) is 3.18. The fourth-order valence-electron chi connectivity index (χ4n) is 1.74. The van der Waals surface area contributed by atoms with Crippen LogP contribution in [0.4, 0.5) is 0 Å². The van der Waals surface area contributed by atoms with Crippen molar-refractivity contribution in [2.75, 3.05) is 13.2 Å². The largest absolute Gasteiger partial charge is 0.493 e. The number of hydrogen-bond acceptors (Lipinski definition) is 3. The molecule has 0 aliphatic rings. The zero-order chi connectivity index (χ0) is 15.7. The SMILES string of the molecule is Cc1ccc(OCCC(=O)NCCCC(C)C(=O)O)cc1. The van der Waals surface area contributed by atoms with Crippen LogP contribution >= 0.6 is 0 Å². The maximum Gasteiger partial charge on any atom is 0.306 e. The lowest BCUT2D eigenvalue weighted by atomic mass is 10.1. The van der Waals surface area contributed by atoms with Gasteiger partial charge in [0.2, 0.25) is 5.91 Å². The Kier molecular flexibility index (Phi) is 7.29. The highest BCUT2D eigenvalue weighted by Crippen LogP contribution is 2.11. The number of ether oxygens (including phenoxy) is 1. The number of aliphatic carboxylic acids is 1. The number of hydrogen-bond donors (Lipinski definition) is 2. The van der Waals surface area contributed by atoms with Crippen LogP contribution in [0.15, 0.2) is 24.3 Å². The minimum absolute atomic E-state index is 0.0786. The van der Waals surface area contributed by atoms with Crippen molar-refractivity contribution in [3.05, 3.63) is 29.8 Å². The highest BCUT2D eigenvalue weighted by atomic mass is 16.5. The van der Waals surface area contributed by atoms with Gasteiger partial charge in [0, 0.05) is 6.54 Å². The van der Waals surface area contributed by atoms with Gasteiger partial charge in [0.25, 0.3) is 0 Å². The third-order valence-electron chi connectivity index (χ3n) is 3.18. The Labute approximate surface area is 125 Å². The van der Waals surface area contributed by atoms with Crippen molar-refractivity contribution in [3.8, 4) is 5.75 Å². The second-order valence-corrected chi connectivity index (χ2v) is 5.14. The molecule has 0 saturated heterocycles. The summed E-state index contributed by atoms with van der Waals surface area (Å²) in [5.41, 5.74) is 1.16. The lowest BCUT2D eigenvalue weighted by molar-refractivity contribution is -0.141. The molecule has 0 spiro atoms. The summed E-state index contributed by atoms with van der Waals surface area (Å²) in [6, 6.07) is 7.67. The van der Waals surface area contributed by atoms with E-state index in [9.17, 15) is 9.59 Å². The van der Waals surface area contributed by atoms with Gasteiger partial charge in [-0.3, -0.25) is 9.59 Å². The summed E-state index contributed by atoms with van der Waals surface area (Å²) in [4.78, 5) is 22.2. The molecular weight excluding hydrogens is 270 g/mol. The van der Waals surface area contributed by atoms with E-state index in [1.165, 1.54) is 0 Å². The zero-order valence-electron chi connectivity index (χ0n) is 12.6. The monoisotopic (exact) mass is 293 g/mol. The fraction of sp³-hybridized carbons (Fsp3) is 0.500. The van der Waals surface area contributed by atoms with Gasteiger partial charge < -0.3 is 15.2 Å². The molecule has 0 heterocycles. The van der Waals surface area contributed by atoms with Crippen LogP contribution in [-0.2, 0) is 9.59 Å². The molecule has 1 atom stereocenters. The zero-order valence-corrected chi connectivity index (χ0v) is 12.6. The Hall–Kier alpha value is -2.04. The van der Waals surface area contributed by atoms with Crippen molar-refractivity contribution in [2.45, 2.75) is 33.1 Å². The van der Waals surface area contributed by atoms with Crippen LogP contribution in [0.2, 0.25) is 0 Å². The Morgan fingerprint density at radius 3 is 2.57 bits per heavy atom. The van der Waals surface area contributed by atoms with Crippen LogP contribution in [0.5, 0.6) is 5.75 Å². The molecule has 0 aliphatic heterocycles. The van der Waals surface area contributed by atoms with E-state index in [2.05, 4.69) is 5.32 Å². The average Bonchev–Trinajstić information content (AvgIpc) is 2.45. The molecule has 0 radical (unpaired) electrons. The predicted molar refractivity (Wildman–Crippen MR) is 80.3 cm³/mol. The standard InChI is InChI=1S/C16H23NO4/c1-12-5-7-14(8-6-12)21-11-9-15(18)17-10-3-4-13(2)16(19)20/h5-8,13H,3-4,9-11H2,1-2H3,(H,17,18)(H,19,20). The van der Waals surface area contributed by atoms with Gasteiger partial charge in [-0.15, -0.1) is 0 Å². The molecule has 21 heavy (non-hydrogen) atoms. The van der Waals surface area contributed by atoms with Crippen molar-refractivity contribution >= 4 is 11.9 Å². The second kappa shape index (κ2) is 9.00. The summed E-state index contributed by atoms with van der Waals surface area (Å²) in [5, 5.41) is 11.5. The van der Waals surface area contributed by atoms with Crippen LogP contribution in [0.1, 0.15) is 31.7 Å². The van der Waals surface area contributed by atoms with Gasteiger partial charge in [-0.1, -0.05) is 24.6 Å². The van der Waals surface area contributed by atoms with Gasteiger partial charge in [-0.2, -0.15) is 0 Å². The highest BCUT2D eigenvalue weighted by molar-refractivity contribution is 5.76. The molecule has 0 bridgehead atoms. The molecule has 1 aromatic rings. The Morgan fingerprint density at radius 1 is 1.29 bits per heavy atom. The first-order chi connectivity index (χ1) is 9.99. The maximum absolute atomic E-state index is 11.6. The number of carboxylic acid groups (broad SMARTS) is 1. The molecule has 5 heteroatoms. The summed E-state index contributed by atoms with van der Waals surface area (Å²) >= 11 is 0. The number of aryl methyl sites for hydroxylation is 1. The van der Waals surface area contributed by atoms with Crippen LogP contribution in [0, 0.1) is 12.8 Å². The number of amides is 1. The van der Waals surface area contributed by atoms with E-state index in [1.54, 1.807) is 6.92 Å². The first-order valence-corrected chi connectivity index (χ1v) is 7.18. The van der Waals surface area contributed by atoms with Crippen molar-refractivity contribution in [2.24, 2.45) is 5.92 Å². The molecule has 1 rings (SSSR count). The fourth-order valence-corrected chi connectivity index (χ4v) is 1.74.